The number of unbranched alkanes of at least 4 members (excludes halogenated alkanes) is 7. The van der Waals surface area contributed by atoms with Gasteiger partial charge < -0.3 is 21.9 Å². The Labute approximate surface area is 147 Å². The summed E-state index contributed by atoms with van der Waals surface area (Å²) in [7, 11) is 0. The molecule has 0 aromatic rings. The van der Waals surface area contributed by atoms with Crippen molar-refractivity contribution in [1.82, 2.24) is 0 Å². The highest BCUT2D eigenvalue weighted by Gasteiger charge is 2.13. The standard InChI is InChI=1S/C16H34N4O2.ClH/c1-2-3-4-5-6-7-8-9-13-22-15(21)14(17)11-10-12-20-16(18)19;/h14H,2-13,17H2,1H3,(H4,18,19,20);1H/t14-;/m0./s1. The number of nitrogens with two attached hydrogens (primary N) is 3. The number of carbonyl (C=O) groups excluding carboxylic acids is 1. The van der Waals surface area contributed by atoms with Crippen molar-refractivity contribution in [2.24, 2.45) is 22.2 Å². The predicted molar refractivity (Wildman–Crippen MR) is 98.7 cm³/mol. The lowest BCUT2D eigenvalue weighted by Crippen LogP contribution is -2.32. The molecule has 1 atom stereocenters. The summed E-state index contributed by atoms with van der Waals surface area (Å²) in [5.41, 5.74) is 16.2. The maximum atomic E-state index is 11.6. The van der Waals surface area contributed by atoms with Gasteiger partial charge >= 0.3 is 5.97 Å². The van der Waals surface area contributed by atoms with E-state index in [0.29, 0.717) is 26.0 Å². The normalized spacial score (nSPS) is 11.4. The van der Waals surface area contributed by atoms with E-state index in [1.165, 1.54) is 38.5 Å². The van der Waals surface area contributed by atoms with Crippen LogP contribution >= 0.6 is 12.4 Å². The summed E-state index contributed by atoms with van der Waals surface area (Å²) in [5.74, 6) is -0.265. The maximum absolute atomic E-state index is 11.6. The first-order valence-corrected chi connectivity index (χ1v) is 8.55. The van der Waals surface area contributed by atoms with Crippen molar-refractivity contribution in [3.05, 3.63) is 0 Å². The number of nitrogens with zero attached hydrogens (tertiary/aromatic N) is 1. The Morgan fingerprint density at radius 1 is 1.00 bits per heavy atom. The molecule has 0 fully saturated rings. The van der Waals surface area contributed by atoms with Crippen LogP contribution in [0.25, 0.3) is 0 Å². The first-order valence-electron chi connectivity index (χ1n) is 8.55. The molecule has 0 aliphatic heterocycles. The van der Waals surface area contributed by atoms with Crippen LogP contribution in [0.2, 0.25) is 0 Å². The third kappa shape index (κ3) is 17.2. The van der Waals surface area contributed by atoms with Crippen molar-refractivity contribution in [3.63, 3.8) is 0 Å². The summed E-state index contributed by atoms with van der Waals surface area (Å²) in [5, 5.41) is 0. The van der Waals surface area contributed by atoms with Gasteiger partial charge in [-0.25, -0.2) is 0 Å². The molecular weight excluding hydrogens is 316 g/mol. The van der Waals surface area contributed by atoms with E-state index in [1.807, 2.05) is 0 Å². The van der Waals surface area contributed by atoms with E-state index in [4.69, 9.17) is 21.9 Å². The number of hydrogen-bond donors (Lipinski definition) is 3. The second-order valence-corrected chi connectivity index (χ2v) is 5.70. The van der Waals surface area contributed by atoms with Gasteiger partial charge in [0.2, 0.25) is 0 Å². The molecule has 138 valence electrons. The molecule has 0 amide bonds. The minimum Gasteiger partial charge on any atom is -0.465 e. The Hall–Kier alpha value is -1.01. The number of halogens is 1. The molecule has 0 aromatic heterocycles. The van der Waals surface area contributed by atoms with Crippen molar-refractivity contribution in [2.45, 2.75) is 77.2 Å². The minimum absolute atomic E-state index is 0. The van der Waals surface area contributed by atoms with Gasteiger partial charge in [0, 0.05) is 6.54 Å². The summed E-state index contributed by atoms with van der Waals surface area (Å²) in [6.45, 7) is 3.18. The molecule has 23 heavy (non-hydrogen) atoms. The Morgan fingerprint density at radius 3 is 2.13 bits per heavy atom. The summed E-state index contributed by atoms with van der Waals surface area (Å²) in [4.78, 5) is 15.5. The lowest BCUT2D eigenvalue weighted by atomic mass is 10.1. The summed E-state index contributed by atoms with van der Waals surface area (Å²) >= 11 is 0. The van der Waals surface area contributed by atoms with Crippen LogP contribution in [0.3, 0.4) is 0 Å². The second-order valence-electron chi connectivity index (χ2n) is 5.70. The number of ether oxygens (including phenoxy) is 1. The molecule has 0 spiro atoms. The summed E-state index contributed by atoms with van der Waals surface area (Å²) in [6, 6.07) is -0.580. The number of esters is 1. The number of rotatable bonds is 14. The van der Waals surface area contributed by atoms with Crippen molar-refractivity contribution in [3.8, 4) is 0 Å². The van der Waals surface area contributed by atoms with Gasteiger partial charge in [-0.15, -0.1) is 12.4 Å². The molecule has 0 aliphatic carbocycles. The highest BCUT2D eigenvalue weighted by molar-refractivity contribution is 5.85. The molecule has 0 unspecified atom stereocenters. The second kappa shape index (κ2) is 17.3. The van der Waals surface area contributed by atoms with Crippen LogP contribution in [0.5, 0.6) is 0 Å². The molecule has 0 aliphatic rings. The highest BCUT2D eigenvalue weighted by atomic mass is 35.5. The SMILES string of the molecule is CCCCCCCCCCOC(=O)[C@@H](N)CCCN=C(N)N.Cl. The average Bonchev–Trinajstić information content (AvgIpc) is 2.49. The van der Waals surface area contributed by atoms with Crippen LogP contribution in [0.1, 0.15) is 71.1 Å². The molecule has 6 N–H and O–H groups in total. The first-order chi connectivity index (χ1) is 10.6. The van der Waals surface area contributed by atoms with E-state index in [1.54, 1.807) is 0 Å². The van der Waals surface area contributed by atoms with Gasteiger partial charge in [0.25, 0.3) is 0 Å². The number of carbonyl (C=O) groups is 1. The van der Waals surface area contributed by atoms with Gasteiger partial charge in [0.05, 0.1) is 6.61 Å². The highest BCUT2D eigenvalue weighted by Crippen LogP contribution is 2.08. The fourth-order valence-corrected chi connectivity index (χ4v) is 2.15. The topological polar surface area (TPSA) is 117 Å². The molecule has 0 heterocycles. The molecule has 0 aromatic carbocycles. The molecular formula is C16H35ClN4O2. The van der Waals surface area contributed by atoms with Crippen molar-refractivity contribution < 1.29 is 9.53 Å². The molecule has 0 bridgehead atoms. The molecule has 7 heteroatoms. The summed E-state index contributed by atoms with van der Waals surface area (Å²) in [6.07, 6.45) is 11.0. The Balaban J connectivity index is 0. The molecule has 0 saturated heterocycles. The van der Waals surface area contributed by atoms with E-state index < -0.39 is 6.04 Å². The third-order valence-corrected chi connectivity index (χ3v) is 3.51. The van der Waals surface area contributed by atoms with Crippen LogP contribution in [0.4, 0.5) is 0 Å². The van der Waals surface area contributed by atoms with Crippen LogP contribution in [0.15, 0.2) is 4.99 Å². The summed E-state index contributed by atoms with van der Waals surface area (Å²) < 4.78 is 5.18. The van der Waals surface area contributed by atoms with E-state index in [2.05, 4.69) is 11.9 Å². The predicted octanol–water partition coefficient (Wildman–Crippen LogP) is 2.47. The van der Waals surface area contributed by atoms with Crippen LogP contribution in [-0.2, 0) is 9.53 Å². The van der Waals surface area contributed by atoms with Gasteiger partial charge in [0.1, 0.15) is 6.04 Å². The van der Waals surface area contributed by atoms with Crippen LogP contribution < -0.4 is 17.2 Å². The van der Waals surface area contributed by atoms with Crippen molar-refractivity contribution in [2.75, 3.05) is 13.2 Å². The number of guanidine groups is 1. The van der Waals surface area contributed by atoms with E-state index in [-0.39, 0.29) is 24.3 Å². The van der Waals surface area contributed by atoms with Gasteiger partial charge in [-0.3, -0.25) is 9.79 Å². The van der Waals surface area contributed by atoms with Crippen LogP contribution in [0, 0.1) is 0 Å². The maximum Gasteiger partial charge on any atom is 0.322 e. The quantitative estimate of drug-likeness (QED) is 0.192. The number of hydrogen-bond acceptors (Lipinski definition) is 4. The fourth-order valence-electron chi connectivity index (χ4n) is 2.15. The van der Waals surface area contributed by atoms with E-state index in [0.717, 1.165) is 12.8 Å². The lowest BCUT2D eigenvalue weighted by Gasteiger charge is -2.10. The van der Waals surface area contributed by atoms with Crippen LogP contribution in [-0.4, -0.2) is 31.1 Å². The van der Waals surface area contributed by atoms with Crippen molar-refractivity contribution >= 4 is 24.3 Å². The zero-order valence-corrected chi connectivity index (χ0v) is 15.3. The smallest absolute Gasteiger partial charge is 0.322 e. The monoisotopic (exact) mass is 350 g/mol. The van der Waals surface area contributed by atoms with E-state index >= 15 is 0 Å². The van der Waals surface area contributed by atoms with Gasteiger partial charge in [0.15, 0.2) is 5.96 Å². The zero-order valence-electron chi connectivity index (χ0n) is 14.5. The molecule has 0 saturated carbocycles. The zero-order chi connectivity index (χ0) is 16.6. The lowest BCUT2D eigenvalue weighted by molar-refractivity contribution is -0.145. The average molecular weight is 351 g/mol. The Morgan fingerprint density at radius 2 is 1.57 bits per heavy atom. The first kappa shape index (κ1) is 24.2. The van der Waals surface area contributed by atoms with Gasteiger partial charge in [-0.05, 0) is 19.3 Å². The number of aliphatic imine (C=N–C) groups is 1. The largest absolute Gasteiger partial charge is 0.465 e. The van der Waals surface area contributed by atoms with E-state index in [9.17, 15) is 4.79 Å². The fraction of sp³-hybridized carbons (Fsp3) is 0.875. The molecule has 6 nitrogen and oxygen atoms in total. The molecule has 0 radical (unpaired) electrons. The Kier molecular flexibility index (Phi) is 18.3. The Bertz CT molecular complexity index is 310. The minimum atomic E-state index is -0.580. The van der Waals surface area contributed by atoms with Crippen molar-refractivity contribution in [1.29, 1.82) is 0 Å². The van der Waals surface area contributed by atoms with Gasteiger partial charge in [-0.1, -0.05) is 51.9 Å². The third-order valence-electron chi connectivity index (χ3n) is 3.51. The van der Waals surface area contributed by atoms with Gasteiger partial charge in [-0.2, -0.15) is 0 Å². The molecule has 0 rings (SSSR count).